The Bertz CT molecular complexity index is 387. The first-order valence-electron chi connectivity index (χ1n) is 6.98. The number of benzene rings is 1. The second-order valence-electron chi connectivity index (χ2n) is 4.61. The molecule has 0 saturated heterocycles. The van der Waals surface area contributed by atoms with Crippen molar-refractivity contribution < 1.29 is 13.7 Å². The lowest BCUT2D eigenvalue weighted by Gasteiger charge is -2.20. The van der Waals surface area contributed by atoms with E-state index in [1.54, 1.807) is 14.2 Å². The summed E-state index contributed by atoms with van der Waals surface area (Å²) < 4.78 is 15.7. The Morgan fingerprint density at radius 1 is 1.05 bits per heavy atom. The molecule has 0 aromatic heterocycles. The van der Waals surface area contributed by atoms with E-state index in [2.05, 4.69) is 31.7 Å². The van der Waals surface area contributed by atoms with E-state index in [1.807, 2.05) is 12.1 Å². The molecule has 0 unspecified atom stereocenters. The third-order valence-corrected chi connectivity index (χ3v) is 3.50. The number of nitrogens with zero attached hydrogens (tertiary/aromatic N) is 1. The van der Waals surface area contributed by atoms with E-state index in [1.165, 1.54) is 12.0 Å². The molecule has 0 radical (unpaired) electrons. The molecule has 4 nitrogen and oxygen atoms in total. The van der Waals surface area contributed by atoms with E-state index in [4.69, 9.17) is 13.7 Å². The van der Waals surface area contributed by atoms with Crippen molar-refractivity contribution in [1.82, 2.24) is 4.90 Å². The molecule has 0 N–H and O–H groups in total. The zero-order valence-corrected chi connectivity index (χ0v) is 13.7. The van der Waals surface area contributed by atoms with Gasteiger partial charge in [0.25, 0.3) is 0 Å². The lowest BCUT2D eigenvalue weighted by molar-refractivity contribution is 0.292. The molecule has 0 heterocycles. The molecule has 0 spiro atoms. The van der Waals surface area contributed by atoms with Crippen LogP contribution in [0.5, 0.6) is 17.2 Å². The number of methoxy groups -OCH3 is 2. The van der Waals surface area contributed by atoms with Gasteiger partial charge in [-0.15, -0.1) is 0 Å². The zero-order chi connectivity index (χ0) is 15.0. The Kier molecular flexibility index (Phi) is 7.62. The normalized spacial score (nSPS) is 10.7. The molecule has 1 aromatic rings. The highest BCUT2D eigenvalue weighted by atomic mass is 32.1. The van der Waals surface area contributed by atoms with Crippen molar-refractivity contribution in [3.63, 3.8) is 0 Å². The molecule has 114 valence electrons. The monoisotopic (exact) mass is 299 g/mol. The molecule has 0 amide bonds. The summed E-state index contributed by atoms with van der Waals surface area (Å²) in [6, 6.07) is 3.96. The minimum Gasteiger partial charge on any atom is -0.493 e. The third kappa shape index (κ3) is 4.49. The van der Waals surface area contributed by atoms with Crippen molar-refractivity contribution in [2.75, 3.05) is 33.9 Å². The predicted octanol–water partition coefficient (Wildman–Crippen LogP) is 3.20. The first-order chi connectivity index (χ1) is 9.69. The third-order valence-electron chi connectivity index (χ3n) is 3.32. The van der Waals surface area contributed by atoms with Gasteiger partial charge in [-0.3, -0.25) is 0 Å². The summed E-state index contributed by atoms with van der Waals surface area (Å²) >= 11 is 3.85. The summed E-state index contributed by atoms with van der Waals surface area (Å²) in [5.74, 6) is 1.81. The average molecular weight is 299 g/mol. The number of ether oxygens (including phenoxy) is 2. The summed E-state index contributed by atoms with van der Waals surface area (Å²) in [6.07, 6.45) is 2.13. The molecular formula is C15H25NO3S. The Balaban J connectivity index is 2.85. The minimum absolute atomic E-state index is 0.517. The van der Waals surface area contributed by atoms with Crippen molar-refractivity contribution in [2.45, 2.75) is 26.7 Å². The molecular weight excluding hydrogens is 274 g/mol. The Morgan fingerprint density at radius 2 is 1.65 bits per heavy atom. The standard InChI is InChI=1S/C15H25NO3S/c1-5-8-16(6-2)9-7-12-10-13(17-3)15(19-20)14(11-12)18-4/h10-11,20H,5-9H2,1-4H3. The van der Waals surface area contributed by atoms with Gasteiger partial charge in [0.05, 0.1) is 14.2 Å². The minimum atomic E-state index is 0.517. The van der Waals surface area contributed by atoms with E-state index in [0.29, 0.717) is 17.2 Å². The van der Waals surface area contributed by atoms with Gasteiger partial charge in [-0.1, -0.05) is 13.8 Å². The molecule has 1 aromatic carbocycles. The van der Waals surface area contributed by atoms with E-state index in [9.17, 15) is 0 Å². The van der Waals surface area contributed by atoms with E-state index in [0.717, 1.165) is 26.1 Å². The molecule has 0 aliphatic rings. The van der Waals surface area contributed by atoms with Gasteiger partial charge in [-0.25, -0.2) is 0 Å². The van der Waals surface area contributed by atoms with E-state index < -0.39 is 0 Å². The molecule has 0 aliphatic heterocycles. The van der Waals surface area contributed by atoms with Crippen LogP contribution in [0.3, 0.4) is 0 Å². The van der Waals surface area contributed by atoms with Gasteiger partial charge < -0.3 is 18.6 Å². The number of rotatable bonds is 9. The molecule has 0 fully saturated rings. The van der Waals surface area contributed by atoms with Crippen LogP contribution in [0.15, 0.2) is 12.1 Å². The van der Waals surface area contributed by atoms with Crippen LogP contribution in [0, 0.1) is 0 Å². The van der Waals surface area contributed by atoms with Crippen LogP contribution in [-0.4, -0.2) is 38.8 Å². The van der Waals surface area contributed by atoms with Crippen LogP contribution in [-0.2, 0) is 6.42 Å². The fourth-order valence-corrected chi connectivity index (χ4v) is 2.38. The Labute approximate surface area is 127 Å². The lowest BCUT2D eigenvalue weighted by Crippen LogP contribution is -2.26. The van der Waals surface area contributed by atoms with Crippen molar-refractivity contribution in [1.29, 1.82) is 0 Å². The van der Waals surface area contributed by atoms with Gasteiger partial charge in [0, 0.05) is 19.5 Å². The topological polar surface area (TPSA) is 30.9 Å². The number of likely N-dealkylation sites (N-methyl/N-ethyl adjacent to an activating group) is 1. The molecule has 0 bridgehead atoms. The summed E-state index contributed by atoms with van der Waals surface area (Å²) in [5.41, 5.74) is 1.17. The van der Waals surface area contributed by atoms with E-state index >= 15 is 0 Å². The highest BCUT2D eigenvalue weighted by Gasteiger charge is 2.14. The molecule has 1 rings (SSSR count). The van der Waals surface area contributed by atoms with Gasteiger partial charge in [0.2, 0.25) is 5.75 Å². The number of hydrogen-bond acceptors (Lipinski definition) is 5. The van der Waals surface area contributed by atoms with Crippen LogP contribution >= 0.6 is 12.9 Å². The van der Waals surface area contributed by atoms with Crippen molar-refractivity contribution in [3.8, 4) is 17.2 Å². The SMILES string of the molecule is CCCN(CC)CCc1cc(OC)c(OS)c(OC)c1. The number of thiol groups is 1. The Morgan fingerprint density at radius 3 is 2.05 bits per heavy atom. The van der Waals surface area contributed by atoms with Crippen LogP contribution < -0.4 is 13.7 Å². The molecule has 0 saturated carbocycles. The summed E-state index contributed by atoms with van der Waals surface area (Å²) in [7, 11) is 3.23. The second-order valence-corrected chi connectivity index (χ2v) is 4.79. The molecule has 0 atom stereocenters. The summed E-state index contributed by atoms with van der Waals surface area (Å²) in [6.45, 7) is 7.61. The largest absolute Gasteiger partial charge is 0.493 e. The fourth-order valence-electron chi connectivity index (χ4n) is 2.20. The highest BCUT2D eigenvalue weighted by molar-refractivity contribution is 7.75. The maximum atomic E-state index is 5.33. The first-order valence-corrected chi connectivity index (χ1v) is 7.35. The quantitative estimate of drug-likeness (QED) is 0.560. The van der Waals surface area contributed by atoms with Gasteiger partial charge in [0.15, 0.2) is 11.5 Å². The highest BCUT2D eigenvalue weighted by Crippen LogP contribution is 2.39. The van der Waals surface area contributed by atoms with Crippen molar-refractivity contribution in [3.05, 3.63) is 17.7 Å². The second kappa shape index (κ2) is 8.97. The van der Waals surface area contributed by atoms with Gasteiger partial charge >= 0.3 is 0 Å². The van der Waals surface area contributed by atoms with Crippen LogP contribution in [0.4, 0.5) is 0 Å². The molecule has 20 heavy (non-hydrogen) atoms. The Hall–Kier alpha value is -1.07. The van der Waals surface area contributed by atoms with Crippen LogP contribution in [0.2, 0.25) is 0 Å². The van der Waals surface area contributed by atoms with Crippen LogP contribution in [0.1, 0.15) is 25.8 Å². The number of hydrogen-bond donors (Lipinski definition) is 1. The molecule has 5 heteroatoms. The smallest absolute Gasteiger partial charge is 0.220 e. The zero-order valence-electron chi connectivity index (χ0n) is 12.8. The van der Waals surface area contributed by atoms with Gasteiger partial charge in [-0.2, -0.15) is 0 Å². The fraction of sp³-hybridized carbons (Fsp3) is 0.600. The van der Waals surface area contributed by atoms with Crippen LogP contribution in [0.25, 0.3) is 0 Å². The molecule has 0 aliphatic carbocycles. The van der Waals surface area contributed by atoms with Gasteiger partial charge in [0.1, 0.15) is 0 Å². The average Bonchev–Trinajstić information content (AvgIpc) is 2.49. The predicted molar refractivity (Wildman–Crippen MR) is 85.3 cm³/mol. The maximum absolute atomic E-state index is 5.33. The van der Waals surface area contributed by atoms with Crippen molar-refractivity contribution in [2.24, 2.45) is 0 Å². The summed E-state index contributed by atoms with van der Waals surface area (Å²) in [4.78, 5) is 2.43. The first kappa shape index (κ1) is 17.0. The van der Waals surface area contributed by atoms with Gasteiger partial charge in [-0.05, 0) is 43.6 Å². The summed E-state index contributed by atoms with van der Waals surface area (Å²) in [5, 5.41) is 0. The van der Waals surface area contributed by atoms with Crippen molar-refractivity contribution >= 4 is 12.9 Å². The lowest BCUT2D eigenvalue weighted by atomic mass is 10.1. The van der Waals surface area contributed by atoms with E-state index in [-0.39, 0.29) is 0 Å². The maximum Gasteiger partial charge on any atom is 0.220 e.